The number of benzodiazepines with no additional fused rings is 1. The van der Waals surface area contributed by atoms with Gasteiger partial charge in [-0.1, -0.05) is 72.3 Å². The van der Waals surface area contributed by atoms with Crippen LogP contribution in [0.15, 0.2) is 83.9 Å². The highest BCUT2D eigenvalue weighted by atomic mass is 35.5. The van der Waals surface area contributed by atoms with Gasteiger partial charge in [-0.3, -0.25) is 20.0 Å². The van der Waals surface area contributed by atoms with Crippen LogP contribution in [0, 0.1) is 0 Å². The first-order valence-corrected chi connectivity index (χ1v) is 11.8. The molecule has 0 bridgehead atoms. The van der Waals surface area contributed by atoms with Crippen molar-refractivity contribution in [1.29, 1.82) is 0 Å². The Morgan fingerprint density at radius 2 is 1.67 bits per heavy atom. The topological polar surface area (TPSA) is 56.7 Å². The van der Waals surface area contributed by atoms with Crippen LogP contribution >= 0.6 is 11.6 Å². The number of amides is 1. The molecular weight excluding hydrogens is 432 g/mol. The lowest BCUT2D eigenvalue weighted by atomic mass is 10.0. The zero-order valence-electron chi connectivity index (χ0n) is 18.4. The van der Waals surface area contributed by atoms with Gasteiger partial charge in [-0.05, 0) is 49.7 Å². The predicted molar refractivity (Wildman–Crippen MR) is 134 cm³/mol. The molecule has 1 atom stereocenters. The van der Waals surface area contributed by atoms with Gasteiger partial charge >= 0.3 is 0 Å². The van der Waals surface area contributed by atoms with Gasteiger partial charge in [0.1, 0.15) is 0 Å². The second-order valence-electron chi connectivity index (χ2n) is 8.63. The molecule has 5 rings (SSSR count). The van der Waals surface area contributed by atoms with Gasteiger partial charge in [0, 0.05) is 28.7 Å². The number of hydrogen-bond acceptors (Lipinski definition) is 4. The van der Waals surface area contributed by atoms with Crippen LogP contribution in [0.1, 0.15) is 29.5 Å². The molecule has 1 fully saturated rings. The fourth-order valence-electron chi connectivity index (χ4n) is 4.54. The summed E-state index contributed by atoms with van der Waals surface area (Å²) in [5.41, 5.74) is 4.63. The maximum absolute atomic E-state index is 13.1. The zero-order valence-corrected chi connectivity index (χ0v) is 19.1. The quantitative estimate of drug-likeness (QED) is 0.582. The lowest BCUT2D eigenvalue weighted by molar-refractivity contribution is -0.118. The molecule has 1 amide bonds. The van der Waals surface area contributed by atoms with Crippen LogP contribution in [0.5, 0.6) is 0 Å². The van der Waals surface area contributed by atoms with Crippen LogP contribution in [0.2, 0.25) is 5.02 Å². The SMILES string of the molecule is O=C1Nc2ccc(Cl)cc2C(c2ccccc2)=NC1NC1CCN(Cc2ccccc2)CC1. The van der Waals surface area contributed by atoms with Crippen molar-refractivity contribution in [1.82, 2.24) is 10.2 Å². The van der Waals surface area contributed by atoms with Crippen LogP contribution in [-0.4, -0.2) is 41.8 Å². The van der Waals surface area contributed by atoms with E-state index in [1.54, 1.807) is 6.07 Å². The minimum atomic E-state index is -0.656. The van der Waals surface area contributed by atoms with E-state index in [-0.39, 0.29) is 11.9 Å². The van der Waals surface area contributed by atoms with E-state index in [1.165, 1.54) is 5.56 Å². The zero-order chi connectivity index (χ0) is 22.6. The summed E-state index contributed by atoms with van der Waals surface area (Å²) < 4.78 is 0. The molecular formula is C27H27ClN4O. The molecule has 0 spiro atoms. The molecule has 2 aliphatic rings. The number of benzene rings is 3. The van der Waals surface area contributed by atoms with Crippen molar-refractivity contribution in [2.24, 2.45) is 4.99 Å². The molecule has 168 valence electrons. The van der Waals surface area contributed by atoms with E-state index < -0.39 is 6.17 Å². The van der Waals surface area contributed by atoms with Crippen LogP contribution < -0.4 is 10.6 Å². The van der Waals surface area contributed by atoms with Crippen LogP contribution in [0.3, 0.4) is 0 Å². The van der Waals surface area contributed by atoms with Gasteiger partial charge in [0.15, 0.2) is 6.17 Å². The van der Waals surface area contributed by atoms with E-state index in [9.17, 15) is 4.79 Å². The van der Waals surface area contributed by atoms with E-state index in [4.69, 9.17) is 16.6 Å². The Labute approximate surface area is 199 Å². The Kier molecular flexibility index (Phi) is 6.53. The number of aliphatic imine (C=N–C) groups is 1. The third kappa shape index (κ3) is 5.17. The average Bonchev–Trinajstić information content (AvgIpc) is 2.98. The van der Waals surface area contributed by atoms with Crippen LogP contribution in [-0.2, 0) is 11.3 Å². The number of piperidine rings is 1. The van der Waals surface area contributed by atoms with E-state index in [1.807, 2.05) is 48.5 Å². The molecule has 3 aromatic carbocycles. The number of nitrogens with zero attached hydrogens (tertiary/aromatic N) is 2. The molecule has 0 aliphatic carbocycles. The highest BCUT2D eigenvalue weighted by molar-refractivity contribution is 6.32. The number of likely N-dealkylation sites (tertiary alicyclic amines) is 1. The summed E-state index contributed by atoms with van der Waals surface area (Å²) in [7, 11) is 0. The monoisotopic (exact) mass is 458 g/mol. The fraction of sp³-hybridized carbons (Fsp3) is 0.259. The lowest BCUT2D eigenvalue weighted by Gasteiger charge is -2.33. The largest absolute Gasteiger partial charge is 0.322 e. The minimum absolute atomic E-state index is 0.142. The number of nitrogens with one attached hydrogen (secondary N) is 2. The summed E-state index contributed by atoms with van der Waals surface area (Å²) in [6, 6.07) is 26.3. The first-order valence-electron chi connectivity index (χ1n) is 11.4. The van der Waals surface area contributed by atoms with E-state index in [2.05, 4.69) is 39.8 Å². The van der Waals surface area contributed by atoms with Crippen molar-refractivity contribution < 1.29 is 4.79 Å². The van der Waals surface area contributed by atoms with E-state index in [0.717, 1.165) is 55.0 Å². The first kappa shape index (κ1) is 21.8. The smallest absolute Gasteiger partial charge is 0.263 e. The molecule has 0 aromatic heterocycles. The van der Waals surface area contributed by atoms with Gasteiger partial charge in [-0.2, -0.15) is 0 Å². The number of carbonyl (C=O) groups is 1. The Morgan fingerprint density at radius 3 is 2.39 bits per heavy atom. The van der Waals surface area contributed by atoms with Gasteiger partial charge in [-0.15, -0.1) is 0 Å². The Balaban J connectivity index is 1.33. The first-order chi connectivity index (χ1) is 16.2. The van der Waals surface area contributed by atoms with Crippen molar-refractivity contribution in [3.8, 4) is 0 Å². The third-order valence-electron chi connectivity index (χ3n) is 6.28. The third-order valence-corrected chi connectivity index (χ3v) is 6.51. The summed E-state index contributed by atoms with van der Waals surface area (Å²) in [5.74, 6) is -0.142. The summed E-state index contributed by atoms with van der Waals surface area (Å²) in [6.45, 7) is 2.95. The van der Waals surface area contributed by atoms with Crippen molar-refractivity contribution >= 4 is 28.9 Å². The van der Waals surface area contributed by atoms with Crippen LogP contribution in [0.4, 0.5) is 5.69 Å². The number of hydrogen-bond donors (Lipinski definition) is 2. The van der Waals surface area contributed by atoms with Crippen LogP contribution in [0.25, 0.3) is 0 Å². The Hall–Kier alpha value is -2.99. The van der Waals surface area contributed by atoms with Gasteiger partial charge in [0.25, 0.3) is 5.91 Å². The molecule has 0 saturated carbocycles. The highest BCUT2D eigenvalue weighted by Gasteiger charge is 2.29. The molecule has 1 unspecified atom stereocenters. The summed E-state index contributed by atoms with van der Waals surface area (Å²) >= 11 is 6.29. The minimum Gasteiger partial charge on any atom is -0.322 e. The molecule has 6 heteroatoms. The number of halogens is 1. The molecule has 5 nitrogen and oxygen atoms in total. The summed E-state index contributed by atoms with van der Waals surface area (Å²) in [4.78, 5) is 20.5. The molecule has 3 aromatic rings. The fourth-order valence-corrected chi connectivity index (χ4v) is 4.71. The van der Waals surface area contributed by atoms with Gasteiger partial charge in [0.2, 0.25) is 0 Å². The molecule has 1 saturated heterocycles. The van der Waals surface area contributed by atoms with Gasteiger partial charge in [0.05, 0.1) is 11.4 Å². The average molecular weight is 459 g/mol. The molecule has 2 aliphatic heterocycles. The van der Waals surface area contributed by atoms with E-state index in [0.29, 0.717) is 5.02 Å². The van der Waals surface area contributed by atoms with Crippen molar-refractivity contribution in [3.05, 3.63) is 101 Å². The van der Waals surface area contributed by atoms with Gasteiger partial charge in [-0.25, -0.2) is 0 Å². The second kappa shape index (κ2) is 9.87. The number of fused-ring (bicyclic) bond motifs is 1. The molecule has 0 radical (unpaired) electrons. The van der Waals surface area contributed by atoms with Crippen molar-refractivity contribution in [2.75, 3.05) is 18.4 Å². The number of carbonyl (C=O) groups excluding carboxylic acids is 1. The predicted octanol–water partition coefficient (Wildman–Crippen LogP) is 4.71. The second-order valence-corrected chi connectivity index (χ2v) is 9.06. The molecule has 33 heavy (non-hydrogen) atoms. The van der Waals surface area contributed by atoms with Gasteiger partial charge < -0.3 is 5.32 Å². The standard InChI is InChI=1S/C27H27ClN4O/c28-21-11-12-24-23(17-21)25(20-9-5-2-6-10-20)31-26(27(33)30-24)29-22-13-15-32(16-14-22)18-19-7-3-1-4-8-19/h1-12,17,22,26,29H,13-16,18H2,(H,30,33). The lowest BCUT2D eigenvalue weighted by Crippen LogP contribution is -2.49. The highest BCUT2D eigenvalue weighted by Crippen LogP contribution is 2.27. The normalized spacial score (nSPS) is 19.4. The summed E-state index contributed by atoms with van der Waals surface area (Å²) in [6.07, 6.45) is 1.30. The summed E-state index contributed by atoms with van der Waals surface area (Å²) in [5, 5.41) is 7.18. The van der Waals surface area contributed by atoms with E-state index >= 15 is 0 Å². The van der Waals surface area contributed by atoms with Crippen molar-refractivity contribution in [2.45, 2.75) is 31.6 Å². The molecule has 2 N–H and O–H groups in total. The number of rotatable bonds is 5. The maximum Gasteiger partial charge on any atom is 0.263 e. The molecule has 2 heterocycles. The number of anilines is 1. The van der Waals surface area contributed by atoms with Crippen molar-refractivity contribution in [3.63, 3.8) is 0 Å². The Bertz CT molecular complexity index is 1140. The maximum atomic E-state index is 13.1. The Morgan fingerprint density at radius 1 is 0.970 bits per heavy atom.